The smallest absolute Gasteiger partial charge is 0.376 e. The van der Waals surface area contributed by atoms with Crippen molar-refractivity contribution in [3.8, 4) is 0 Å². The average Bonchev–Trinajstić information content (AvgIpc) is 2.51. The maximum absolute atomic E-state index is 11.6. The Bertz CT molecular complexity index is 310. The van der Waals surface area contributed by atoms with E-state index in [9.17, 15) is 4.79 Å². The summed E-state index contributed by atoms with van der Waals surface area (Å²) in [4.78, 5) is 17.9. The number of amides is 1. The molecule has 0 saturated carbocycles. The Morgan fingerprint density at radius 2 is 1.48 bits per heavy atom. The van der Waals surface area contributed by atoms with Crippen LogP contribution in [-0.4, -0.2) is 104 Å². The Labute approximate surface area is 129 Å². The van der Waals surface area contributed by atoms with Gasteiger partial charge >= 0.3 is 8.80 Å². The summed E-state index contributed by atoms with van der Waals surface area (Å²) in [5, 5.41) is 0. The largest absolute Gasteiger partial charge is 0.514 e. The third-order valence-electron chi connectivity index (χ3n) is 3.96. The second-order valence-corrected chi connectivity index (χ2v) is 8.36. The maximum Gasteiger partial charge on any atom is 0.514 e. The summed E-state index contributed by atoms with van der Waals surface area (Å²) >= 11 is 0. The van der Waals surface area contributed by atoms with Gasteiger partial charge in [0.1, 0.15) is 0 Å². The minimum absolute atomic E-state index is 0.182. The molecule has 1 aliphatic rings. The zero-order chi connectivity index (χ0) is 15.9. The molecule has 0 N–H and O–H groups in total. The Kier molecular flexibility index (Phi) is 7.78. The van der Waals surface area contributed by atoms with Gasteiger partial charge in [0.25, 0.3) is 0 Å². The summed E-state index contributed by atoms with van der Waals surface area (Å²) in [6, 6.07) is 0. The molecule has 0 bridgehead atoms. The number of hydrogen-bond acceptors (Lipinski definition) is 6. The van der Waals surface area contributed by atoms with E-state index < -0.39 is 8.80 Å². The highest BCUT2D eigenvalue weighted by Crippen LogP contribution is 2.11. The van der Waals surface area contributed by atoms with Crippen molar-refractivity contribution in [2.75, 3.05) is 74.3 Å². The van der Waals surface area contributed by atoms with Crippen LogP contribution in [0.15, 0.2) is 0 Å². The van der Waals surface area contributed by atoms with E-state index in [2.05, 4.69) is 9.80 Å². The molecule has 7 nitrogen and oxygen atoms in total. The summed E-state index contributed by atoms with van der Waals surface area (Å²) < 4.78 is 16.4. The molecule has 0 aromatic rings. The molecule has 0 unspecified atom stereocenters. The Morgan fingerprint density at radius 1 is 1.00 bits per heavy atom. The first-order valence-electron chi connectivity index (χ1n) is 7.26. The normalized spacial score (nSPS) is 18.0. The molecule has 0 aromatic heterocycles. The summed E-state index contributed by atoms with van der Waals surface area (Å²) in [6.45, 7) is 4.64. The number of nitrogens with zero attached hydrogens (tertiary/aromatic N) is 3. The molecular weight excluding hydrogens is 290 g/mol. The Hall–Kier alpha value is -0.513. The second-order valence-electron chi connectivity index (χ2n) is 5.45. The molecule has 0 atom stereocenters. The number of rotatable bonds is 8. The standard InChI is InChI=1S/C13H29N3O4Si/c1-14(2)13(17)6-7-15-8-10-16(11-9-15)12-21(18-3,19-4)20-5/h6-12H2,1-5H3. The van der Waals surface area contributed by atoms with Gasteiger partial charge < -0.3 is 23.1 Å². The zero-order valence-electron chi connectivity index (χ0n) is 13.9. The van der Waals surface area contributed by atoms with Crippen molar-refractivity contribution in [2.45, 2.75) is 6.42 Å². The zero-order valence-corrected chi connectivity index (χ0v) is 14.9. The summed E-state index contributed by atoms with van der Waals surface area (Å²) in [5.41, 5.74) is 0. The van der Waals surface area contributed by atoms with Crippen LogP contribution in [0.4, 0.5) is 0 Å². The lowest BCUT2D eigenvalue weighted by atomic mass is 10.3. The molecule has 1 heterocycles. The maximum atomic E-state index is 11.6. The molecule has 1 fully saturated rings. The van der Waals surface area contributed by atoms with E-state index in [4.69, 9.17) is 13.3 Å². The first-order valence-corrected chi connectivity index (χ1v) is 9.20. The SMILES string of the molecule is CO[Si](CN1CCN(CCC(=O)N(C)C)CC1)(OC)OC. The van der Waals surface area contributed by atoms with Gasteiger partial charge in [-0.05, 0) is 0 Å². The lowest BCUT2D eigenvalue weighted by molar-refractivity contribution is -0.129. The van der Waals surface area contributed by atoms with Gasteiger partial charge in [-0.25, -0.2) is 0 Å². The van der Waals surface area contributed by atoms with E-state index in [-0.39, 0.29) is 5.91 Å². The van der Waals surface area contributed by atoms with Gasteiger partial charge in [-0.1, -0.05) is 0 Å². The molecule has 8 heteroatoms. The topological polar surface area (TPSA) is 54.5 Å². The highest BCUT2D eigenvalue weighted by molar-refractivity contribution is 6.60. The fourth-order valence-electron chi connectivity index (χ4n) is 2.37. The van der Waals surface area contributed by atoms with Crippen LogP contribution < -0.4 is 0 Å². The van der Waals surface area contributed by atoms with E-state index >= 15 is 0 Å². The number of hydrogen-bond donors (Lipinski definition) is 0. The summed E-state index contributed by atoms with van der Waals surface area (Å²) in [7, 11) is 5.98. The van der Waals surface area contributed by atoms with Crippen molar-refractivity contribution in [2.24, 2.45) is 0 Å². The Morgan fingerprint density at radius 3 is 1.90 bits per heavy atom. The molecular formula is C13H29N3O4Si. The quantitative estimate of drug-likeness (QED) is 0.562. The number of piperazine rings is 1. The van der Waals surface area contributed by atoms with Gasteiger partial charge in [-0.2, -0.15) is 0 Å². The monoisotopic (exact) mass is 319 g/mol. The molecule has 1 saturated heterocycles. The molecule has 21 heavy (non-hydrogen) atoms. The predicted octanol–water partition coefficient (Wildman–Crippen LogP) is -0.500. The van der Waals surface area contributed by atoms with Crippen molar-refractivity contribution in [1.29, 1.82) is 0 Å². The molecule has 1 aliphatic heterocycles. The van der Waals surface area contributed by atoms with Crippen LogP contribution in [0.25, 0.3) is 0 Å². The van der Waals surface area contributed by atoms with Crippen LogP contribution in [0.2, 0.25) is 0 Å². The van der Waals surface area contributed by atoms with E-state index in [0.29, 0.717) is 12.6 Å². The fraction of sp³-hybridized carbons (Fsp3) is 0.923. The van der Waals surface area contributed by atoms with E-state index in [1.807, 2.05) is 0 Å². The van der Waals surface area contributed by atoms with Crippen molar-refractivity contribution >= 4 is 14.7 Å². The van der Waals surface area contributed by atoms with E-state index in [0.717, 1.165) is 32.7 Å². The molecule has 1 rings (SSSR count). The Balaban J connectivity index is 2.33. The van der Waals surface area contributed by atoms with E-state index in [1.165, 1.54) is 0 Å². The van der Waals surface area contributed by atoms with Crippen LogP contribution in [0, 0.1) is 0 Å². The van der Waals surface area contributed by atoms with Crippen LogP contribution in [0.3, 0.4) is 0 Å². The van der Waals surface area contributed by atoms with Gasteiger partial charge in [0.05, 0.1) is 6.17 Å². The molecule has 0 spiro atoms. The molecule has 124 valence electrons. The number of carbonyl (C=O) groups is 1. The highest BCUT2D eigenvalue weighted by atomic mass is 28.4. The second kappa shape index (κ2) is 8.81. The first kappa shape index (κ1) is 18.5. The number of carbonyl (C=O) groups excluding carboxylic acids is 1. The van der Waals surface area contributed by atoms with E-state index in [1.54, 1.807) is 40.3 Å². The molecule has 0 aliphatic carbocycles. The third kappa shape index (κ3) is 5.65. The fourth-order valence-corrected chi connectivity index (χ4v) is 4.12. The van der Waals surface area contributed by atoms with Crippen molar-refractivity contribution in [3.63, 3.8) is 0 Å². The summed E-state index contributed by atoms with van der Waals surface area (Å²) in [5.74, 6) is 0.182. The van der Waals surface area contributed by atoms with Gasteiger partial charge in [-0.15, -0.1) is 0 Å². The van der Waals surface area contributed by atoms with Crippen LogP contribution >= 0.6 is 0 Å². The van der Waals surface area contributed by atoms with Crippen LogP contribution in [0.5, 0.6) is 0 Å². The van der Waals surface area contributed by atoms with Gasteiger partial charge in [0, 0.05) is 74.6 Å². The lowest BCUT2D eigenvalue weighted by Gasteiger charge is -2.37. The molecule has 0 aromatic carbocycles. The average molecular weight is 319 g/mol. The molecule has 0 radical (unpaired) electrons. The minimum atomic E-state index is -2.53. The van der Waals surface area contributed by atoms with Gasteiger partial charge in [-0.3, -0.25) is 9.69 Å². The van der Waals surface area contributed by atoms with Crippen LogP contribution in [0.1, 0.15) is 6.42 Å². The minimum Gasteiger partial charge on any atom is -0.376 e. The molecule has 1 amide bonds. The van der Waals surface area contributed by atoms with Gasteiger partial charge in [0.15, 0.2) is 0 Å². The summed E-state index contributed by atoms with van der Waals surface area (Å²) in [6.07, 6.45) is 1.29. The highest BCUT2D eigenvalue weighted by Gasteiger charge is 2.40. The van der Waals surface area contributed by atoms with Crippen molar-refractivity contribution in [3.05, 3.63) is 0 Å². The van der Waals surface area contributed by atoms with Gasteiger partial charge in [0.2, 0.25) is 5.91 Å². The predicted molar refractivity (Wildman–Crippen MR) is 83.0 cm³/mol. The van der Waals surface area contributed by atoms with Crippen molar-refractivity contribution in [1.82, 2.24) is 14.7 Å². The van der Waals surface area contributed by atoms with Crippen LogP contribution in [-0.2, 0) is 18.1 Å². The van der Waals surface area contributed by atoms with Crippen molar-refractivity contribution < 1.29 is 18.1 Å². The third-order valence-corrected chi connectivity index (χ3v) is 6.66. The lowest BCUT2D eigenvalue weighted by Crippen LogP contribution is -2.57. The first-order chi connectivity index (χ1) is 9.96.